The molecule has 0 spiro atoms. The number of amides is 1. The molecule has 3 N–H and O–H groups in total. The summed E-state index contributed by atoms with van der Waals surface area (Å²) in [5.41, 5.74) is 3.10. The van der Waals surface area contributed by atoms with Gasteiger partial charge in [-0.25, -0.2) is 19.2 Å². The molecule has 0 radical (unpaired) electrons. The first-order valence-electron chi connectivity index (χ1n) is 8.41. The second kappa shape index (κ2) is 6.39. The smallest absolute Gasteiger partial charge is 0.410 e. The van der Waals surface area contributed by atoms with E-state index in [1.54, 1.807) is 25.3 Å². The van der Waals surface area contributed by atoms with Crippen LogP contribution in [0.15, 0.2) is 24.5 Å². The largest absolute Gasteiger partial charge is 0.474 e. The summed E-state index contributed by atoms with van der Waals surface area (Å²) in [7, 11) is 0. The third-order valence-electron chi connectivity index (χ3n) is 4.68. The average molecular weight is 368 g/mol. The van der Waals surface area contributed by atoms with Crippen molar-refractivity contribution < 1.29 is 19.0 Å². The summed E-state index contributed by atoms with van der Waals surface area (Å²) in [5.74, 6) is 0.338. The predicted molar refractivity (Wildman–Crippen MR) is 100 cm³/mol. The standard InChI is InChI=1S/C19H17FN4O3/c1-9-13-7-22-15(24-19(25)26)6-11(13)5-12(16(9)20)14-8-23-18-17(10(14)2)21-3-4-27-18/h5-8,21H,3-4H2,1-2H3,(H,22,24)(H,25,26). The van der Waals surface area contributed by atoms with E-state index in [4.69, 9.17) is 9.84 Å². The Morgan fingerprint density at radius 2 is 2.04 bits per heavy atom. The second-order valence-electron chi connectivity index (χ2n) is 6.34. The van der Waals surface area contributed by atoms with Crippen molar-refractivity contribution in [3.63, 3.8) is 0 Å². The lowest BCUT2D eigenvalue weighted by molar-refractivity contribution is 0.209. The van der Waals surface area contributed by atoms with E-state index in [2.05, 4.69) is 20.6 Å². The van der Waals surface area contributed by atoms with Crippen LogP contribution in [0.3, 0.4) is 0 Å². The highest BCUT2D eigenvalue weighted by Crippen LogP contribution is 2.38. The van der Waals surface area contributed by atoms with Crippen molar-refractivity contribution in [2.45, 2.75) is 13.8 Å². The summed E-state index contributed by atoms with van der Waals surface area (Å²) < 4.78 is 20.7. The third-order valence-corrected chi connectivity index (χ3v) is 4.68. The number of fused-ring (bicyclic) bond motifs is 2. The Hall–Kier alpha value is -3.42. The number of nitrogens with zero attached hydrogens (tertiary/aromatic N) is 2. The van der Waals surface area contributed by atoms with Crippen LogP contribution in [0.1, 0.15) is 11.1 Å². The van der Waals surface area contributed by atoms with Crippen LogP contribution >= 0.6 is 0 Å². The lowest BCUT2D eigenvalue weighted by Gasteiger charge is -2.22. The Morgan fingerprint density at radius 3 is 2.81 bits per heavy atom. The van der Waals surface area contributed by atoms with E-state index in [0.717, 1.165) is 11.3 Å². The molecule has 27 heavy (non-hydrogen) atoms. The predicted octanol–water partition coefficient (Wildman–Crippen LogP) is 3.95. The number of pyridine rings is 2. The van der Waals surface area contributed by atoms with Crippen LogP contribution in [0.5, 0.6) is 5.88 Å². The minimum atomic E-state index is -1.21. The molecule has 0 fully saturated rings. The van der Waals surface area contributed by atoms with Crippen molar-refractivity contribution >= 4 is 28.4 Å². The van der Waals surface area contributed by atoms with Crippen LogP contribution in [0, 0.1) is 19.7 Å². The second-order valence-corrected chi connectivity index (χ2v) is 6.34. The molecule has 1 amide bonds. The first-order valence-corrected chi connectivity index (χ1v) is 8.41. The molecular weight excluding hydrogens is 351 g/mol. The maximum atomic E-state index is 15.1. The number of aromatic nitrogens is 2. The van der Waals surface area contributed by atoms with Crippen LogP contribution in [0.4, 0.5) is 20.7 Å². The fourth-order valence-corrected chi connectivity index (χ4v) is 3.31. The molecule has 0 aliphatic carbocycles. The van der Waals surface area contributed by atoms with Crippen molar-refractivity contribution in [2.75, 3.05) is 23.8 Å². The van der Waals surface area contributed by atoms with E-state index in [1.807, 2.05) is 6.92 Å². The average Bonchev–Trinajstić information content (AvgIpc) is 2.65. The topological polar surface area (TPSA) is 96.4 Å². The van der Waals surface area contributed by atoms with Gasteiger partial charge >= 0.3 is 6.09 Å². The van der Waals surface area contributed by atoms with Crippen molar-refractivity contribution in [1.82, 2.24) is 9.97 Å². The zero-order chi connectivity index (χ0) is 19.1. The van der Waals surface area contributed by atoms with Gasteiger partial charge in [0.15, 0.2) is 0 Å². The Labute approximate surface area is 154 Å². The van der Waals surface area contributed by atoms with Crippen molar-refractivity contribution in [1.29, 1.82) is 0 Å². The minimum Gasteiger partial charge on any atom is -0.474 e. The molecule has 0 saturated carbocycles. The highest BCUT2D eigenvalue weighted by atomic mass is 19.1. The van der Waals surface area contributed by atoms with Crippen molar-refractivity contribution in [3.05, 3.63) is 41.5 Å². The quantitative estimate of drug-likeness (QED) is 0.634. The first-order chi connectivity index (χ1) is 13.0. The van der Waals surface area contributed by atoms with Crippen LogP contribution in [-0.4, -0.2) is 34.3 Å². The van der Waals surface area contributed by atoms with E-state index < -0.39 is 6.09 Å². The summed E-state index contributed by atoms with van der Waals surface area (Å²) in [6, 6.07) is 3.27. The Bertz CT molecular complexity index is 1080. The number of anilines is 2. The summed E-state index contributed by atoms with van der Waals surface area (Å²) in [5, 5.41) is 15.7. The molecule has 1 aliphatic rings. The zero-order valence-electron chi connectivity index (χ0n) is 14.8. The number of carboxylic acid groups (broad SMARTS) is 1. The van der Waals surface area contributed by atoms with Gasteiger partial charge in [-0.05, 0) is 42.5 Å². The van der Waals surface area contributed by atoms with Gasteiger partial charge in [0.2, 0.25) is 5.88 Å². The number of hydrogen-bond donors (Lipinski definition) is 3. The third kappa shape index (κ3) is 2.88. The fourth-order valence-electron chi connectivity index (χ4n) is 3.31. The molecule has 4 rings (SSSR count). The number of ether oxygens (including phenoxy) is 1. The van der Waals surface area contributed by atoms with Gasteiger partial charge in [-0.1, -0.05) is 0 Å². The van der Waals surface area contributed by atoms with Gasteiger partial charge in [0.25, 0.3) is 0 Å². The molecule has 0 unspecified atom stereocenters. The zero-order valence-corrected chi connectivity index (χ0v) is 14.8. The van der Waals surface area contributed by atoms with Crippen LogP contribution in [-0.2, 0) is 0 Å². The fraction of sp³-hybridized carbons (Fsp3) is 0.211. The van der Waals surface area contributed by atoms with Crippen LogP contribution in [0.25, 0.3) is 21.9 Å². The van der Waals surface area contributed by atoms with Crippen molar-refractivity contribution in [3.8, 4) is 17.0 Å². The van der Waals surface area contributed by atoms with Gasteiger partial charge in [0, 0.05) is 35.5 Å². The summed E-state index contributed by atoms with van der Waals surface area (Å²) in [6.45, 7) is 4.76. The van der Waals surface area contributed by atoms with Gasteiger partial charge in [-0.15, -0.1) is 0 Å². The number of halogens is 1. The van der Waals surface area contributed by atoms with E-state index in [9.17, 15) is 4.79 Å². The van der Waals surface area contributed by atoms with Gasteiger partial charge in [0.05, 0.1) is 0 Å². The minimum absolute atomic E-state index is 0.183. The Kier molecular flexibility index (Phi) is 4.02. The van der Waals surface area contributed by atoms with Gasteiger partial charge in [-0.3, -0.25) is 5.32 Å². The van der Waals surface area contributed by atoms with Crippen LogP contribution in [0.2, 0.25) is 0 Å². The van der Waals surface area contributed by atoms with E-state index in [1.165, 1.54) is 6.20 Å². The molecule has 2 aromatic heterocycles. The van der Waals surface area contributed by atoms with E-state index >= 15 is 4.39 Å². The van der Waals surface area contributed by atoms with Gasteiger partial charge < -0.3 is 15.2 Å². The number of aryl methyl sites for hydroxylation is 1. The molecular formula is C19H17FN4O3. The maximum Gasteiger partial charge on any atom is 0.410 e. The number of carbonyl (C=O) groups is 1. The molecule has 3 aromatic rings. The van der Waals surface area contributed by atoms with E-state index in [-0.39, 0.29) is 11.6 Å². The van der Waals surface area contributed by atoms with Gasteiger partial charge in [-0.2, -0.15) is 0 Å². The molecule has 7 nitrogen and oxygen atoms in total. The highest BCUT2D eigenvalue weighted by molar-refractivity contribution is 5.94. The molecule has 138 valence electrons. The molecule has 0 atom stereocenters. The highest BCUT2D eigenvalue weighted by Gasteiger charge is 2.20. The summed E-state index contributed by atoms with van der Waals surface area (Å²) in [4.78, 5) is 19.2. The van der Waals surface area contributed by atoms with Gasteiger partial charge in [0.1, 0.15) is 23.9 Å². The number of nitrogens with one attached hydrogen (secondary N) is 2. The lowest BCUT2D eigenvalue weighted by Crippen LogP contribution is -2.20. The molecule has 3 heterocycles. The summed E-state index contributed by atoms with van der Waals surface area (Å²) in [6.07, 6.45) is 1.86. The SMILES string of the molecule is Cc1c(-c2cc3cc(NC(=O)O)ncc3c(C)c2F)cnc2c1NCCO2. The van der Waals surface area contributed by atoms with E-state index in [0.29, 0.717) is 46.5 Å². The Balaban J connectivity index is 1.91. The van der Waals surface area contributed by atoms with Crippen LogP contribution < -0.4 is 15.4 Å². The maximum absolute atomic E-state index is 15.1. The number of hydrogen-bond acceptors (Lipinski definition) is 5. The normalized spacial score (nSPS) is 12.9. The molecule has 8 heteroatoms. The first kappa shape index (κ1) is 17.0. The lowest BCUT2D eigenvalue weighted by atomic mass is 9.95. The summed E-state index contributed by atoms with van der Waals surface area (Å²) >= 11 is 0. The Morgan fingerprint density at radius 1 is 1.22 bits per heavy atom. The molecule has 1 aromatic carbocycles. The number of rotatable bonds is 2. The molecule has 0 saturated heterocycles. The monoisotopic (exact) mass is 368 g/mol. The molecule has 0 bridgehead atoms. The number of benzene rings is 1. The van der Waals surface area contributed by atoms with Crippen molar-refractivity contribution in [2.24, 2.45) is 0 Å². The molecule has 1 aliphatic heterocycles.